The normalized spacial score (nSPS) is 15.2. The Morgan fingerprint density at radius 1 is 1.17 bits per heavy atom. The number of aliphatic imine (C=N–C) groups is 1. The molecule has 0 aromatic heterocycles. The van der Waals surface area contributed by atoms with Crippen molar-refractivity contribution in [3.05, 3.63) is 76.7 Å². The number of benzene rings is 2. The van der Waals surface area contributed by atoms with Gasteiger partial charge in [-0.25, -0.2) is 19.0 Å². The summed E-state index contributed by atoms with van der Waals surface area (Å²) in [5, 5.41) is 0. The Labute approximate surface area is 137 Å². The van der Waals surface area contributed by atoms with Gasteiger partial charge in [-0.1, -0.05) is 24.3 Å². The molecule has 0 unspecified atom stereocenters. The summed E-state index contributed by atoms with van der Waals surface area (Å²) < 4.78 is 23.4. The lowest BCUT2D eigenvalue weighted by Crippen LogP contribution is -2.07. The van der Waals surface area contributed by atoms with Gasteiger partial charge in [0.1, 0.15) is 5.82 Å². The van der Waals surface area contributed by atoms with E-state index in [0.717, 1.165) is 0 Å². The van der Waals surface area contributed by atoms with Gasteiger partial charge in [0.15, 0.2) is 5.70 Å². The lowest BCUT2D eigenvalue weighted by atomic mass is 10.1. The summed E-state index contributed by atoms with van der Waals surface area (Å²) in [7, 11) is 1.30. The van der Waals surface area contributed by atoms with Gasteiger partial charge < -0.3 is 9.47 Å². The Balaban J connectivity index is 1.89. The van der Waals surface area contributed by atoms with Gasteiger partial charge in [0.25, 0.3) is 0 Å². The minimum absolute atomic E-state index is 0.0547. The molecule has 0 saturated heterocycles. The third-order valence-corrected chi connectivity index (χ3v) is 3.36. The van der Waals surface area contributed by atoms with Crippen LogP contribution in [0.1, 0.15) is 21.5 Å². The van der Waals surface area contributed by atoms with Crippen LogP contribution in [-0.4, -0.2) is 24.9 Å². The summed E-state index contributed by atoms with van der Waals surface area (Å²) >= 11 is 0. The highest BCUT2D eigenvalue weighted by Crippen LogP contribution is 2.20. The minimum atomic E-state index is -0.662. The first-order valence-electron chi connectivity index (χ1n) is 7.04. The van der Waals surface area contributed by atoms with Crippen LogP contribution in [0.4, 0.5) is 4.39 Å². The first-order chi connectivity index (χ1) is 11.6. The summed E-state index contributed by atoms with van der Waals surface area (Å²) in [5.74, 6) is -1.71. The van der Waals surface area contributed by atoms with Crippen LogP contribution in [0, 0.1) is 5.82 Å². The molecule has 0 aliphatic carbocycles. The Morgan fingerprint density at radius 3 is 2.54 bits per heavy atom. The van der Waals surface area contributed by atoms with Crippen molar-refractivity contribution in [2.45, 2.75) is 0 Å². The third-order valence-electron chi connectivity index (χ3n) is 3.36. The molecule has 0 bridgehead atoms. The molecule has 0 radical (unpaired) electrons. The third kappa shape index (κ3) is 3.08. The van der Waals surface area contributed by atoms with Crippen molar-refractivity contribution in [3.63, 3.8) is 0 Å². The summed E-state index contributed by atoms with van der Waals surface area (Å²) in [4.78, 5) is 27.3. The van der Waals surface area contributed by atoms with E-state index >= 15 is 0 Å². The molecule has 2 aromatic rings. The van der Waals surface area contributed by atoms with E-state index in [1.807, 2.05) is 0 Å². The van der Waals surface area contributed by atoms with E-state index in [1.54, 1.807) is 30.3 Å². The Hall–Kier alpha value is -3.28. The van der Waals surface area contributed by atoms with Gasteiger partial charge in [-0.3, -0.25) is 0 Å². The van der Waals surface area contributed by atoms with Gasteiger partial charge in [0, 0.05) is 0 Å². The fraction of sp³-hybridized carbons (Fsp3) is 0.0556. The molecule has 3 rings (SSSR count). The molecule has 2 aromatic carbocycles. The van der Waals surface area contributed by atoms with Gasteiger partial charge in [-0.15, -0.1) is 0 Å². The fourth-order valence-electron chi connectivity index (χ4n) is 2.15. The molecule has 5 nitrogen and oxygen atoms in total. The number of hydrogen-bond acceptors (Lipinski definition) is 5. The maximum Gasteiger partial charge on any atom is 0.363 e. The van der Waals surface area contributed by atoms with Crippen LogP contribution in [0.3, 0.4) is 0 Å². The molecule has 0 fully saturated rings. The first kappa shape index (κ1) is 15.6. The number of esters is 2. The van der Waals surface area contributed by atoms with Crippen molar-refractivity contribution in [2.75, 3.05) is 7.11 Å². The molecule has 1 aliphatic heterocycles. The largest absolute Gasteiger partial charge is 0.465 e. The van der Waals surface area contributed by atoms with E-state index in [4.69, 9.17) is 4.74 Å². The second kappa shape index (κ2) is 6.45. The number of rotatable bonds is 3. The van der Waals surface area contributed by atoms with Crippen molar-refractivity contribution in [3.8, 4) is 0 Å². The van der Waals surface area contributed by atoms with Crippen LogP contribution < -0.4 is 0 Å². The maximum atomic E-state index is 13.7. The molecular weight excluding hydrogens is 313 g/mol. The highest BCUT2D eigenvalue weighted by atomic mass is 19.1. The van der Waals surface area contributed by atoms with Crippen molar-refractivity contribution < 1.29 is 23.5 Å². The van der Waals surface area contributed by atoms with E-state index in [9.17, 15) is 14.0 Å². The van der Waals surface area contributed by atoms with Gasteiger partial charge in [0.2, 0.25) is 5.90 Å². The summed E-state index contributed by atoms with van der Waals surface area (Å²) in [6.45, 7) is 0. The molecule has 1 heterocycles. The van der Waals surface area contributed by atoms with Crippen molar-refractivity contribution in [2.24, 2.45) is 4.99 Å². The number of nitrogens with zero attached hydrogens (tertiary/aromatic N) is 1. The summed E-state index contributed by atoms with van der Waals surface area (Å²) in [5.41, 5.74) is 1.21. The average Bonchev–Trinajstić information content (AvgIpc) is 2.95. The molecule has 0 saturated carbocycles. The molecular formula is C18H12FNO4. The van der Waals surface area contributed by atoms with Gasteiger partial charge in [-0.2, -0.15) is 0 Å². The van der Waals surface area contributed by atoms with Crippen LogP contribution in [-0.2, 0) is 14.3 Å². The number of halogens is 1. The van der Waals surface area contributed by atoms with E-state index in [-0.39, 0.29) is 17.2 Å². The number of cyclic esters (lactones) is 1. The SMILES string of the molecule is COC(=O)c1ccc(C=C2N=C(c3ccccc3F)OC2=O)cc1. The zero-order chi connectivity index (χ0) is 17.1. The molecule has 0 atom stereocenters. The molecule has 120 valence electrons. The highest BCUT2D eigenvalue weighted by molar-refractivity contribution is 6.12. The summed E-state index contributed by atoms with van der Waals surface area (Å²) in [6.07, 6.45) is 1.50. The van der Waals surface area contributed by atoms with Crippen LogP contribution in [0.15, 0.2) is 59.2 Å². The van der Waals surface area contributed by atoms with Crippen LogP contribution in [0.5, 0.6) is 0 Å². The van der Waals surface area contributed by atoms with E-state index in [0.29, 0.717) is 11.1 Å². The van der Waals surface area contributed by atoms with E-state index in [1.165, 1.54) is 31.4 Å². The smallest absolute Gasteiger partial charge is 0.363 e. The van der Waals surface area contributed by atoms with Gasteiger partial charge >= 0.3 is 11.9 Å². The fourth-order valence-corrected chi connectivity index (χ4v) is 2.15. The first-order valence-corrected chi connectivity index (χ1v) is 7.04. The monoisotopic (exact) mass is 325 g/mol. The second-order valence-electron chi connectivity index (χ2n) is 4.93. The number of carbonyl (C=O) groups is 2. The van der Waals surface area contributed by atoms with E-state index in [2.05, 4.69) is 9.73 Å². The minimum Gasteiger partial charge on any atom is -0.465 e. The van der Waals surface area contributed by atoms with Crippen LogP contribution in [0.25, 0.3) is 6.08 Å². The number of hydrogen-bond donors (Lipinski definition) is 0. The topological polar surface area (TPSA) is 65.0 Å². The number of methoxy groups -OCH3 is 1. The number of carbonyl (C=O) groups excluding carboxylic acids is 2. The zero-order valence-corrected chi connectivity index (χ0v) is 12.7. The molecule has 1 aliphatic rings. The van der Waals surface area contributed by atoms with Crippen LogP contribution >= 0.6 is 0 Å². The second-order valence-corrected chi connectivity index (χ2v) is 4.93. The predicted octanol–water partition coefficient (Wildman–Crippen LogP) is 2.96. The lowest BCUT2D eigenvalue weighted by Gasteiger charge is -1.99. The van der Waals surface area contributed by atoms with Crippen molar-refractivity contribution in [1.29, 1.82) is 0 Å². The zero-order valence-electron chi connectivity index (χ0n) is 12.7. The summed E-state index contributed by atoms with van der Waals surface area (Å²) in [6, 6.07) is 12.3. The maximum absolute atomic E-state index is 13.7. The van der Waals surface area contributed by atoms with E-state index < -0.39 is 17.8 Å². The molecule has 0 amide bonds. The Kier molecular flexibility index (Phi) is 4.20. The Bertz CT molecular complexity index is 869. The molecule has 0 N–H and O–H groups in total. The predicted molar refractivity (Wildman–Crippen MR) is 84.8 cm³/mol. The Morgan fingerprint density at radius 2 is 1.88 bits per heavy atom. The average molecular weight is 325 g/mol. The lowest BCUT2D eigenvalue weighted by molar-refractivity contribution is -0.129. The molecule has 6 heteroatoms. The number of ether oxygens (including phenoxy) is 2. The standard InChI is InChI=1S/C18H12FNO4/c1-23-17(21)12-8-6-11(7-9-12)10-15-18(22)24-16(20-15)13-4-2-3-5-14(13)19/h2-10H,1H3. The molecule has 24 heavy (non-hydrogen) atoms. The van der Waals surface area contributed by atoms with Gasteiger partial charge in [-0.05, 0) is 35.9 Å². The highest BCUT2D eigenvalue weighted by Gasteiger charge is 2.25. The van der Waals surface area contributed by atoms with Crippen molar-refractivity contribution >= 4 is 23.9 Å². The van der Waals surface area contributed by atoms with Crippen LogP contribution in [0.2, 0.25) is 0 Å². The van der Waals surface area contributed by atoms with Gasteiger partial charge in [0.05, 0.1) is 18.2 Å². The quantitative estimate of drug-likeness (QED) is 0.643. The van der Waals surface area contributed by atoms with Crippen molar-refractivity contribution in [1.82, 2.24) is 0 Å². The molecule has 0 spiro atoms.